The van der Waals surface area contributed by atoms with Gasteiger partial charge >= 0.3 is 0 Å². The fourth-order valence-electron chi connectivity index (χ4n) is 1.28. The van der Waals surface area contributed by atoms with Crippen molar-refractivity contribution in [1.82, 2.24) is 5.32 Å². The molecule has 1 amide bonds. The second kappa shape index (κ2) is 8.09. The van der Waals surface area contributed by atoms with Gasteiger partial charge in [0.2, 0.25) is 5.91 Å². The molecule has 0 saturated heterocycles. The minimum atomic E-state index is 0.200. The van der Waals surface area contributed by atoms with Crippen LogP contribution in [0.3, 0.4) is 0 Å². The third kappa shape index (κ3) is 9.38. The average molecular weight is 185 g/mol. The molecule has 0 rings (SSSR count). The molecule has 0 aliphatic rings. The van der Waals surface area contributed by atoms with E-state index in [-0.39, 0.29) is 11.9 Å². The molecule has 1 N–H and O–H groups in total. The van der Waals surface area contributed by atoms with Crippen LogP contribution in [0.1, 0.15) is 59.3 Å². The van der Waals surface area contributed by atoms with Crippen molar-refractivity contribution in [2.75, 3.05) is 0 Å². The number of carbonyl (C=O) groups excluding carboxylic acids is 1. The average Bonchev–Trinajstić information content (AvgIpc) is 2.02. The molecule has 0 heterocycles. The maximum Gasteiger partial charge on any atom is 0.220 e. The molecule has 0 aliphatic heterocycles. The predicted octanol–water partition coefficient (Wildman–Crippen LogP) is 2.87. The smallest absolute Gasteiger partial charge is 0.220 e. The number of rotatable bonds is 7. The lowest BCUT2D eigenvalue weighted by Gasteiger charge is -2.07. The Balaban J connectivity index is 3.17. The van der Waals surface area contributed by atoms with E-state index in [4.69, 9.17) is 0 Å². The van der Waals surface area contributed by atoms with Gasteiger partial charge in [-0.1, -0.05) is 32.6 Å². The molecule has 0 aromatic carbocycles. The summed E-state index contributed by atoms with van der Waals surface area (Å²) in [6.45, 7) is 6.19. The van der Waals surface area contributed by atoms with Crippen molar-refractivity contribution in [2.24, 2.45) is 0 Å². The fraction of sp³-hybridized carbons (Fsp3) is 0.909. The molecule has 0 unspecified atom stereocenters. The number of carbonyl (C=O) groups is 1. The third-order valence-corrected chi connectivity index (χ3v) is 1.96. The van der Waals surface area contributed by atoms with Gasteiger partial charge in [0.05, 0.1) is 0 Å². The predicted molar refractivity (Wildman–Crippen MR) is 56.7 cm³/mol. The van der Waals surface area contributed by atoms with E-state index in [1.807, 2.05) is 13.8 Å². The summed E-state index contributed by atoms with van der Waals surface area (Å²) in [6.07, 6.45) is 6.76. The number of unbranched alkanes of at least 4 members (excludes halogenated alkanes) is 4. The molecule has 0 saturated carbocycles. The van der Waals surface area contributed by atoms with Crippen LogP contribution in [-0.2, 0) is 4.79 Å². The summed E-state index contributed by atoms with van der Waals surface area (Å²) in [5.74, 6) is 0.200. The molecule has 2 nitrogen and oxygen atoms in total. The number of nitrogens with one attached hydrogen (secondary N) is 1. The molecule has 0 aromatic rings. The lowest BCUT2D eigenvalue weighted by Crippen LogP contribution is -2.29. The van der Waals surface area contributed by atoms with E-state index in [0.29, 0.717) is 6.42 Å². The van der Waals surface area contributed by atoms with Gasteiger partial charge < -0.3 is 5.32 Å². The molecule has 0 atom stereocenters. The van der Waals surface area contributed by atoms with Gasteiger partial charge in [0.15, 0.2) is 0 Å². The topological polar surface area (TPSA) is 29.1 Å². The zero-order valence-corrected chi connectivity index (χ0v) is 9.23. The summed E-state index contributed by atoms with van der Waals surface area (Å²) in [5.41, 5.74) is 0. The molecule has 0 spiro atoms. The molecule has 0 bridgehead atoms. The zero-order chi connectivity index (χ0) is 10.1. The maximum absolute atomic E-state index is 11.2. The number of amides is 1. The van der Waals surface area contributed by atoms with Gasteiger partial charge in [0, 0.05) is 12.5 Å². The van der Waals surface area contributed by atoms with Crippen molar-refractivity contribution in [3.8, 4) is 0 Å². The first-order valence-electron chi connectivity index (χ1n) is 5.46. The van der Waals surface area contributed by atoms with Crippen LogP contribution in [0.15, 0.2) is 0 Å². The van der Waals surface area contributed by atoms with Crippen LogP contribution >= 0.6 is 0 Å². The normalized spacial score (nSPS) is 10.5. The van der Waals surface area contributed by atoms with E-state index in [1.54, 1.807) is 0 Å². The molecule has 0 radical (unpaired) electrons. The lowest BCUT2D eigenvalue weighted by molar-refractivity contribution is -0.121. The highest BCUT2D eigenvalue weighted by molar-refractivity contribution is 5.76. The molecule has 0 fully saturated rings. The zero-order valence-electron chi connectivity index (χ0n) is 9.23. The standard InChI is InChI=1S/C11H23NO/c1-4-5-6-7-8-9-11(13)12-10(2)3/h10H,4-9H2,1-3H3,(H,12,13). The van der Waals surface area contributed by atoms with E-state index in [1.165, 1.54) is 25.7 Å². The Bertz CT molecular complexity index is 132. The van der Waals surface area contributed by atoms with E-state index in [2.05, 4.69) is 12.2 Å². The van der Waals surface area contributed by atoms with E-state index >= 15 is 0 Å². The van der Waals surface area contributed by atoms with Gasteiger partial charge in [-0.3, -0.25) is 4.79 Å². The summed E-state index contributed by atoms with van der Waals surface area (Å²) < 4.78 is 0. The molecular formula is C11H23NO. The Labute approximate surface area is 82.1 Å². The number of hydrogen-bond acceptors (Lipinski definition) is 1. The molecule has 2 heteroatoms. The summed E-state index contributed by atoms with van der Waals surface area (Å²) in [5, 5.41) is 2.89. The van der Waals surface area contributed by atoms with Crippen LogP contribution in [0.5, 0.6) is 0 Å². The van der Waals surface area contributed by atoms with Gasteiger partial charge in [-0.2, -0.15) is 0 Å². The van der Waals surface area contributed by atoms with Gasteiger partial charge in [0.1, 0.15) is 0 Å². The quantitative estimate of drug-likeness (QED) is 0.607. The van der Waals surface area contributed by atoms with Gasteiger partial charge in [0.25, 0.3) is 0 Å². The SMILES string of the molecule is CCCCCCCC(=O)NC(C)C. The first-order valence-corrected chi connectivity index (χ1v) is 5.46. The van der Waals surface area contributed by atoms with Crippen LogP contribution in [0.4, 0.5) is 0 Å². The van der Waals surface area contributed by atoms with E-state index in [9.17, 15) is 4.79 Å². The summed E-state index contributed by atoms with van der Waals surface area (Å²) in [6, 6.07) is 0.281. The Kier molecular flexibility index (Phi) is 7.76. The fourth-order valence-corrected chi connectivity index (χ4v) is 1.28. The monoisotopic (exact) mass is 185 g/mol. The van der Waals surface area contributed by atoms with Crippen LogP contribution in [0.2, 0.25) is 0 Å². The van der Waals surface area contributed by atoms with Gasteiger partial charge in [-0.05, 0) is 20.3 Å². The molecule has 78 valence electrons. The highest BCUT2D eigenvalue weighted by atomic mass is 16.1. The van der Waals surface area contributed by atoms with Crippen molar-refractivity contribution < 1.29 is 4.79 Å². The second-order valence-electron chi connectivity index (χ2n) is 3.89. The highest BCUT2D eigenvalue weighted by Gasteiger charge is 2.01. The molecular weight excluding hydrogens is 162 g/mol. The number of hydrogen-bond donors (Lipinski definition) is 1. The van der Waals surface area contributed by atoms with E-state index < -0.39 is 0 Å². The Morgan fingerprint density at radius 1 is 1.15 bits per heavy atom. The first-order chi connectivity index (χ1) is 6.16. The Morgan fingerprint density at radius 3 is 2.31 bits per heavy atom. The molecule has 0 aliphatic carbocycles. The maximum atomic E-state index is 11.2. The minimum absolute atomic E-state index is 0.200. The van der Waals surface area contributed by atoms with Crippen LogP contribution < -0.4 is 5.32 Å². The summed E-state index contributed by atoms with van der Waals surface area (Å²) in [4.78, 5) is 11.2. The van der Waals surface area contributed by atoms with Crippen molar-refractivity contribution in [3.63, 3.8) is 0 Å². The van der Waals surface area contributed by atoms with Crippen molar-refractivity contribution in [2.45, 2.75) is 65.3 Å². The van der Waals surface area contributed by atoms with Crippen LogP contribution in [0, 0.1) is 0 Å². The van der Waals surface area contributed by atoms with Crippen molar-refractivity contribution >= 4 is 5.91 Å². The Morgan fingerprint density at radius 2 is 1.77 bits per heavy atom. The van der Waals surface area contributed by atoms with E-state index in [0.717, 1.165) is 6.42 Å². The lowest BCUT2D eigenvalue weighted by atomic mass is 10.1. The summed E-state index contributed by atoms with van der Waals surface area (Å²) >= 11 is 0. The van der Waals surface area contributed by atoms with Crippen LogP contribution in [0.25, 0.3) is 0 Å². The first kappa shape index (κ1) is 12.5. The van der Waals surface area contributed by atoms with Crippen molar-refractivity contribution in [3.05, 3.63) is 0 Å². The van der Waals surface area contributed by atoms with Crippen molar-refractivity contribution in [1.29, 1.82) is 0 Å². The van der Waals surface area contributed by atoms with Crippen LogP contribution in [-0.4, -0.2) is 11.9 Å². The Hall–Kier alpha value is -0.530. The molecule has 0 aromatic heterocycles. The van der Waals surface area contributed by atoms with Gasteiger partial charge in [-0.25, -0.2) is 0 Å². The largest absolute Gasteiger partial charge is 0.354 e. The minimum Gasteiger partial charge on any atom is -0.354 e. The summed E-state index contributed by atoms with van der Waals surface area (Å²) in [7, 11) is 0. The third-order valence-electron chi connectivity index (χ3n) is 1.96. The second-order valence-corrected chi connectivity index (χ2v) is 3.89. The van der Waals surface area contributed by atoms with Gasteiger partial charge in [-0.15, -0.1) is 0 Å². The highest BCUT2D eigenvalue weighted by Crippen LogP contribution is 2.04. The molecule has 13 heavy (non-hydrogen) atoms.